The maximum Gasteiger partial charge on any atom is 0.222 e. The predicted molar refractivity (Wildman–Crippen MR) is 144 cm³/mol. The Morgan fingerprint density at radius 3 is 2.65 bits per heavy atom. The third kappa shape index (κ3) is 6.96. The molecule has 2 aliphatic heterocycles. The second-order valence-electron chi connectivity index (χ2n) is 10.4. The van der Waals surface area contributed by atoms with Gasteiger partial charge in [0.2, 0.25) is 5.91 Å². The third-order valence-corrected chi connectivity index (χ3v) is 7.61. The lowest BCUT2D eigenvalue weighted by Crippen LogP contribution is -2.50. The van der Waals surface area contributed by atoms with Crippen LogP contribution in [0.5, 0.6) is 0 Å². The highest BCUT2D eigenvalue weighted by molar-refractivity contribution is 5.76. The van der Waals surface area contributed by atoms with E-state index in [4.69, 9.17) is 4.52 Å². The minimum atomic E-state index is 0.279. The summed E-state index contributed by atoms with van der Waals surface area (Å²) < 4.78 is 5.68. The van der Waals surface area contributed by atoms with Crippen LogP contribution >= 0.6 is 0 Å². The van der Waals surface area contributed by atoms with Crippen LogP contribution in [-0.2, 0) is 24.3 Å². The molecule has 0 aliphatic carbocycles. The van der Waals surface area contributed by atoms with Crippen LogP contribution in [0.2, 0.25) is 0 Å². The van der Waals surface area contributed by atoms with Gasteiger partial charge in [-0.25, -0.2) is 4.98 Å². The predicted octanol–water partition coefficient (Wildman–Crippen LogP) is 3.21. The number of pyridine rings is 1. The van der Waals surface area contributed by atoms with Crippen molar-refractivity contribution >= 4 is 11.7 Å². The Hall–Kier alpha value is -3.23. The molecule has 4 heterocycles. The van der Waals surface area contributed by atoms with Gasteiger partial charge in [-0.1, -0.05) is 41.6 Å². The van der Waals surface area contributed by atoms with E-state index in [1.807, 2.05) is 35.4 Å². The summed E-state index contributed by atoms with van der Waals surface area (Å²) >= 11 is 0. The van der Waals surface area contributed by atoms with Gasteiger partial charge in [0.05, 0.1) is 12.2 Å². The molecule has 2 fully saturated rings. The SMILES string of the molecule is CN(Cc1ccccc1)Cc1cc(C[C@H]2CNCC[C@H]2CC(=O)N2CCN(c3ccccn3)CC2)no1. The lowest BCUT2D eigenvalue weighted by Gasteiger charge is -2.37. The molecule has 196 valence electrons. The van der Waals surface area contributed by atoms with Crippen molar-refractivity contribution in [3.8, 4) is 0 Å². The van der Waals surface area contributed by atoms with Crippen molar-refractivity contribution in [1.29, 1.82) is 0 Å². The molecule has 0 saturated carbocycles. The molecule has 2 saturated heterocycles. The van der Waals surface area contributed by atoms with Gasteiger partial charge in [0.25, 0.3) is 0 Å². The van der Waals surface area contributed by atoms with E-state index in [-0.39, 0.29) is 5.91 Å². The maximum atomic E-state index is 13.2. The summed E-state index contributed by atoms with van der Waals surface area (Å²) in [5.74, 6) is 2.90. The van der Waals surface area contributed by atoms with Crippen LogP contribution < -0.4 is 10.2 Å². The minimum absolute atomic E-state index is 0.279. The van der Waals surface area contributed by atoms with Gasteiger partial charge in [-0.05, 0) is 62.5 Å². The first-order chi connectivity index (χ1) is 18.1. The summed E-state index contributed by atoms with van der Waals surface area (Å²) in [7, 11) is 2.10. The van der Waals surface area contributed by atoms with Crippen LogP contribution in [0.15, 0.2) is 65.3 Å². The number of rotatable bonds is 9. The van der Waals surface area contributed by atoms with E-state index < -0.39 is 0 Å². The van der Waals surface area contributed by atoms with E-state index in [1.165, 1.54) is 5.56 Å². The van der Waals surface area contributed by atoms with E-state index in [0.29, 0.717) is 18.3 Å². The zero-order chi connectivity index (χ0) is 25.5. The molecule has 37 heavy (non-hydrogen) atoms. The molecule has 1 aromatic carbocycles. The van der Waals surface area contributed by atoms with E-state index in [9.17, 15) is 4.79 Å². The topological polar surface area (TPSA) is 77.7 Å². The molecule has 5 rings (SSSR count). The molecule has 2 atom stereocenters. The standard InChI is InChI=1S/C29H38N6O2/c1-33(21-23-7-3-2-4-8-23)22-27-19-26(32-37-27)17-25-20-30-12-10-24(25)18-29(36)35-15-13-34(14-16-35)28-9-5-6-11-31-28/h2-9,11,19,24-25,30H,10,12-18,20-22H2,1H3/t24-,25-/m0/s1. The van der Waals surface area contributed by atoms with Crippen molar-refractivity contribution in [3.63, 3.8) is 0 Å². The molecular weight excluding hydrogens is 464 g/mol. The second-order valence-corrected chi connectivity index (χ2v) is 10.4. The zero-order valence-electron chi connectivity index (χ0n) is 21.8. The molecule has 0 unspecified atom stereocenters. The highest BCUT2D eigenvalue weighted by Gasteiger charge is 2.31. The van der Waals surface area contributed by atoms with Crippen molar-refractivity contribution in [2.24, 2.45) is 11.8 Å². The summed E-state index contributed by atoms with van der Waals surface area (Å²) in [6.45, 7) is 6.65. The minimum Gasteiger partial charge on any atom is -0.360 e. The number of aromatic nitrogens is 2. The number of nitrogens with one attached hydrogen (secondary N) is 1. The number of hydrogen-bond donors (Lipinski definition) is 1. The molecular formula is C29H38N6O2. The fraction of sp³-hybridized carbons (Fsp3) is 0.483. The van der Waals surface area contributed by atoms with Crippen molar-refractivity contribution < 1.29 is 9.32 Å². The van der Waals surface area contributed by atoms with Gasteiger partial charge in [0, 0.05) is 51.4 Å². The van der Waals surface area contributed by atoms with E-state index in [0.717, 1.165) is 82.5 Å². The molecule has 0 bridgehead atoms. The Bertz CT molecular complexity index is 1110. The molecule has 1 N–H and O–H groups in total. The number of amides is 1. The molecule has 8 nitrogen and oxygen atoms in total. The Balaban J connectivity index is 1.11. The average molecular weight is 503 g/mol. The highest BCUT2D eigenvalue weighted by Crippen LogP contribution is 2.27. The average Bonchev–Trinajstić information content (AvgIpc) is 3.37. The van der Waals surface area contributed by atoms with Crippen LogP contribution in [0.1, 0.15) is 29.9 Å². The summed E-state index contributed by atoms with van der Waals surface area (Å²) in [5.41, 5.74) is 2.27. The van der Waals surface area contributed by atoms with Crippen LogP contribution in [0.4, 0.5) is 5.82 Å². The van der Waals surface area contributed by atoms with Gasteiger partial charge in [-0.15, -0.1) is 0 Å². The smallest absolute Gasteiger partial charge is 0.222 e. The number of nitrogens with zero attached hydrogens (tertiary/aromatic N) is 5. The number of hydrogen-bond acceptors (Lipinski definition) is 7. The summed E-state index contributed by atoms with van der Waals surface area (Å²) in [4.78, 5) is 24.2. The Morgan fingerprint density at radius 1 is 1.05 bits per heavy atom. The second kappa shape index (κ2) is 12.3. The van der Waals surface area contributed by atoms with E-state index >= 15 is 0 Å². The largest absolute Gasteiger partial charge is 0.360 e. The summed E-state index contributed by atoms with van der Waals surface area (Å²) in [5, 5.41) is 7.90. The normalized spacial score (nSPS) is 20.4. The van der Waals surface area contributed by atoms with Gasteiger partial charge >= 0.3 is 0 Å². The fourth-order valence-corrected chi connectivity index (χ4v) is 5.58. The molecule has 0 radical (unpaired) electrons. The van der Waals surface area contributed by atoms with Crippen LogP contribution in [0.25, 0.3) is 0 Å². The van der Waals surface area contributed by atoms with Gasteiger partial charge in [0.15, 0.2) is 5.76 Å². The Morgan fingerprint density at radius 2 is 1.86 bits per heavy atom. The van der Waals surface area contributed by atoms with Crippen LogP contribution in [0, 0.1) is 11.8 Å². The Labute approximate surface area is 219 Å². The fourth-order valence-electron chi connectivity index (χ4n) is 5.58. The molecule has 3 aromatic rings. The van der Waals surface area contributed by atoms with E-state index in [1.54, 1.807) is 0 Å². The van der Waals surface area contributed by atoms with Crippen molar-refractivity contribution in [2.45, 2.75) is 32.4 Å². The first-order valence-corrected chi connectivity index (χ1v) is 13.5. The number of anilines is 1. The molecule has 2 aromatic heterocycles. The number of carbonyl (C=O) groups is 1. The quantitative estimate of drug-likeness (QED) is 0.481. The monoisotopic (exact) mass is 502 g/mol. The molecule has 2 aliphatic rings. The summed E-state index contributed by atoms with van der Waals surface area (Å²) in [6, 6.07) is 18.5. The van der Waals surface area contributed by atoms with Gasteiger partial charge in [0.1, 0.15) is 5.82 Å². The van der Waals surface area contributed by atoms with Crippen LogP contribution in [0.3, 0.4) is 0 Å². The lowest BCUT2D eigenvalue weighted by atomic mass is 9.81. The first-order valence-electron chi connectivity index (χ1n) is 13.5. The van der Waals surface area contributed by atoms with Crippen molar-refractivity contribution in [2.75, 3.05) is 51.2 Å². The maximum absolute atomic E-state index is 13.2. The number of carbonyl (C=O) groups excluding carboxylic acids is 1. The van der Waals surface area contributed by atoms with Crippen LogP contribution in [-0.4, -0.2) is 72.2 Å². The van der Waals surface area contributed by atoms with Gasteiger partial charge < -0.3 is 19.6 Å². The lowest BCUT2D eigenvalue weighted by molar-refractivity contribution is -0.133. The van der Waals surface area contributed by atoms with Crippen molar-refractivity contribution in [3.05, 3.63) is 77.8 Å². The Kier molecular flexibility index (Phi) is 8.48. The summed E-state index contributed by atoms with van der Waals surface area (Å²) in [6.07, 6.45) is 4.30. The molecule has 0 spiro atoms. The first kappa shape index (κ1) is 25.4. The van der Waals surface area contributed by atoms with E-state index in [2.05, 4.69) is 62.6 Å². The van der Waals surface area contributed by atoms with Crippen molar-refractivity contribution in [1.82, 2.24) is 25.3 Å². The highest BCUT2D eigenvalue weighted by atomic mass is 16.5. The number of piperazine rings is 1. The molecule has 1 amide bonds. The third-order valence-electron chi connectivity index (χ3n) is 7.61. The molecule has 8 heteroatoms. The zero-order valence-corrected chi connectivity index (χ0v) is 21.8. The van der Waals surface area contributed by atoms with Gasteiger partial charge in [-0.2, -0.15) is 0 Å². The number of piperidine rings is 1. The van der Waals surface area contributed by atoms with Gasteiger partial charge in [-0.3, -0.25) is 9.69 Å². The number of benzene rings is 1.